The number of halogens is 3. The van der Waals surface area contributed by atoms with Crippen LogP contribution in [0, 0.1) is 10.1 Å². The molecule has 25 heavy (non-hydrogen) atoms. The molecule has 2 aromatic heterocycles. The monoisotopic (exact) mass is 367 g/mol. The van der Waals surface area contributed by atoms with Crippen LogP contribution in [0.1, 0.15) is 11.6 Å². The third-order valence-electron chi connectivity index (χ3n) is 3.03. The molecule has 10 heteroatoms. The average molecular weight is 367 g/mol. The van der Waals surface area contributed by atoms with Crippen molar-refractivity contribution in [3.63, 3.8) is 0 Å². The van der Waals surface area contributed by atoms with Gasteiger partial charge < -0.3 is 4.42 Å². The molecule has 0 spiro atoms. The lowest BCUT2D eigenvalue weighted by molar-refractivity contribution is -0.402. The van der Waals surface area contributed by atoms with E-state index in [1.807, 2.05) is 0 Å². The molecule has 6 nitrogen and oxygen atoms in total. The standard InChI is InChI=1S/C15H8F3N3O3S/c16-15(17,18)14-19-11-4-2-1-3-10(11)13(20-14)25-8-7-9-5-6-12(24-9)21(22)23/h1-8H/b8-7+. The summed E-state index contributed by atoms with van der Waals surface area (Å²) in [7, 11) is 0. The molecular formula is C15H8F3N3O3S. The van der Waals surface area contributed by atoms with Crippen LogP contribution in [0.2, 0.25) is 0 Å². The fourth-order valence-corrected chi connectivity index (χ4v) is 2.73. The van der Waals surface area contributed by atoms with Crippen LogP contribution < -0.4 is 0 Å². The van der Waals surface area contributed by atoms with Gasteiger partial charge in [0.05, 0.1) is 11.6 Å². The minimum Gasteiger partial charge on any atom is -0.401 e. The van der Waals surface area contributed by atoms with E-state index in [0.29, 0.717) is 5.39 Å². The highest BCUT2D eigenvalue weighted by atomic mass is 32.2. The van der Waals surface area contributed by atoms with Gasteiger partial charge in [-0.25, -0.2) is 9.97 Å². The van der Waals surface area contributed by atoms with Crippen molar-refractivity contribution in [3.8, 4) is 0 Å². The van der Waals surface area contributed by atoms with Crippen LogP contribution >= 0.6 is 11.8 Å². The molecule has 0 aliphatic heterocycles. The molecule has 2 heterocycles. The van der Waals surface area contributed by atoms with Crippen LogP contribution in [0.15, 0.2) is 51.2 Å². The molecule has 0 radical (unpaired) electrons. The predicted molar refractivity (Wildman–Crippen MR) is 84.8 cm³/mol. The maximum Gasteiger partial charge on any atom is 0.451 e. The summed E-state index contributed by atoms with van der Waals surface area (Å²) in [5.41, 5.74) is 0.175. The van der Waals surface area contributed by atoms with Crippen molar-refractivity contribution in [1.29, 1.82) is 0 Å². The number of nitro groups is 1. The Morgan fingerprint density at radius 1 is 1.16 bits per heavy atom. The molecule has 3 rings (SSSR count). The lowest BCUT2D eigenvalue weighted by Crippen LogP contribution is -2.11. The summed E-state index contributed by atoms with van der Waals surface area (Å²) in [6.07, 6.45) is -3.26. The highest BCUT2D eigenvalue weighted by molar-refractivity contribution is 8.02. The van der Waals surface area contributed by atoms with Crippen LogP contribution in [0.25, 0.3) is 17.0 Å². The lowest BCUT2D eigenvalue weighted by Gasteiger charge is -2.08. The molecule has 3 aromatic rings. The predicted octanol–water partition coefficient (Wildman–Crippen LogP) is 4.91. The average Bonchev–Trinajstić information content (AvgIpc) is 3.03. The number of rotatable bonds is 4. The number of benzene rings is 1. The Morgan fingerprint density at radius 2 is 1.92 bits per heavy atom. The smallest absolute Gasteiger partial charge is 0.401 e. The number of nitrogens with zero attached hydrogens (tertiary/aromatic N) is 3. The Balaban J connectivity index is 1.91. The van der Waals surface area contributed by atoms with Crippen LogP contribution in [-0.2, 0) is 6.18 Å². The van der Waals surface area contributed by atoms with Crippen molar-refractivity contribution in [2.24, 2.45) is 0 Å². The second-order valence-electron chi connectivity index (χ2n) is 4.72. The Bertz CT molecular complexity index is 969. The number of alkyl halides is 3. The number of aromatic nitrogens is 2. The summed E-state index contributed by atoms with van der Waals surface area (Å²) < 4.78 is 43.7. The van der Waals surface area contributed by atoms with E-state index in [1.54, 1.807) is 18.2 Å². The van der Waals surface area contributed by atoms with E-state index in [0.717, 1.165) is 11.8 Å². The van der Waals surface area contributed by atoms with Crippen molar-refractivity contribution in [3.05, 3.63) is 63.5 Å². The van der Waals surface area contributed by atoms with Crippen LogP contribution in [0.5, 0.6) is 0 Å². The van der Waals surface area contributed by atoms with Crippen molar-refractivity contribution >= 4 is 34.6 Å². The Hall–Kier alpha value is -2.88. The molecule has 0 fully saturated rings. The molecular weight excluding hydrogens is 359 g/mol. The Labute approximate surface area is 142 Å². The number of fused-ring (bicyclic) bond motifs is 1. The summed E-state index contributed by atoms with van der Waals surface area (Å²) >= 11 is 0.931. The van der Waals surface area contributed by atoms with Gasteiger partial charge in [0, 0.05) is 5.39 Å². The van der Waals surface area contributed by atoms with Crippen molar-refractivity contribution in [2.45, 2.75) is 11.2 Å². The molecule has 128 valence electrons. The van der Waals surface area contributed by atoms with E-state index in [2.05, 4.69) is 9.97 Å². The molecule has 0 saturated heterocycles. The molecule has 0 N–H and O–H groups in total. The number of hydrogen-bond donors (Lipinski definition) is 0. The first-order valence-electron chi connectivity index (χ1n) is 6.76. The minimum atomic E-state index is -4.66. The number of furan rings is 1. The first-order valence-corrected chi connectivity index (χ1v) is 7.64. The van der Waals surface area contributed by atoms with Crippen LogP contribution in [0.3, 0.4) is 0 Å². The van der Waals surface area contributed by atoms with Crippen LogP contribution in [0.4, 0.5) is 19.1 Å². The van der Waals surface area contributed by atoms with Gasteiger partial charge in [0.1, 0.15) is 15.7 Å². The van der Waals surface area contributed by atoms with Crippen LogP contribution in [-0.4, -0.2) is 14.9 Å². The zero-order chi connectivity index (χ0) is 18.0. The maximum absolute atomic E-state index is 12.9. The largest absolute Gasteiger partial charge is 0.451 e. The normalized spacial score (nSPS) is 12.1. The van der Waals surface area contributed by atoms with Gasteiger partial charge in [-0.1, -0.05) is 30.0 Å². The highest BCUT2D eigenvalue weighted by Crippen LogP contribution is 2.32. The molecule has 0 unspecified atom stereocenters. The third-order valence-corrected chi connectivity index (χ3v) is 3.83. The fourth-order valence-electron chi connectivity index (χ4n) is 1.96. The van der Waals surface area contributed by atoms with E-state index < -0.39 is 22.8 Å². The first kappa shape index (κ1) is 17.0. The SMILES string of the molecule is O=[N+]([O-])c1ccc(/C=C/Sc2nc(C(F)(F)F)nc3ccccc23)o1. The number of thioether (sulfide) groups is 1. The van der Waals surface area contributed by atoms with E-state index in [4.69, 9.17) is 4.42 Å². The van der Waals surface area contributed by atoms with Gasteiger partial charge in [-0.05, 0) is 23.6 Å². The van der Waals surface area contributed by atoms with Gasteiger partial charge in [0.25, 0.3) is 0 Å². The van der Waals surface area contributed by atoms with E-state index >= 15 is 0 Å². The summed E-state index contributed by atoms with van der Waals surface area (Å²) in [5, 5.41) is 12.6. The molecule has 0 aliphatic rings. The summed E-state index contributed by atoms with van der Waals surface area (Å²) in [6.45, 7) is 0. The van der Waals surface area contributed by atoms with E-state index in [-0.39, 0.29) is 16.3 Å². The summed E-state index contributed by atoms with van der Waals surface area (Å²) in [6, 6.07) is 8.91. The lowest BCUT2D eigenvalue weighted by atomic mass is 10.2. The summed E-state index contributed by atoms with van der Waals surface area (Å²) in [4.78, 5) is 17.0. The van der Waals surface area contributed by atoms with Gasteiger partial charge in [-0.15, -0.1) is 0 Å². The molecule has 0 amide bonds. The maximum atomic E-state index is 12.9. The Morgan fingerprint density at radius 3 is 2.60 bits per heavy atom. The summed E-state index contributed by atoms with van der Waals surface area (Å²) in [5.74, 6) is -1.44. The van der Waals surface area contributed by atoms with Gasteiger partial charge in [-0.3, -0.25) is 10.1 Å². The van der Waals surface area contributed by atoms with E-state index in [9.17, 15) is 23.3 Å². The first-order chi connectivity index (χ1) is 11.8. The second-order valence-corrected chi connectivity index (χ2v) is 5.62. The molecule has 0 saturated carbocycles. The number of para-hydroxylation sites is 1. The molecule has 1 aromatic carbocycles. The highest BCUT2D eigenvalue weighted by Gasteiger charge is 2.35. The third kappa shape index (κ3) is 3.79. The molecule has 0 atom stereocenters. The zero-order valence-corrected chi connectivity index (χ0v) is 13.0. The van der Waals surface area contributed by atoms with Crippen molar-refractivity contribution in [1.82, 2.24) is 9.97 Å². The van der Waals surface area contributed by atoms with Gasteiger partial charge in [-0.2, -0.15) is 13.2 Å². The topological polar surface area (TPSA) is 82.1 Å². The zero-order valence-electron chi connectivity index (χ0n) is 12.2. The molecule has 0 bridgehead atoms. The fraction of sp³-hybridized carbons (Fsp3) is 0.0667. The number of hydrogen-bond acceptors (Lipinski definition) is 6. The second kappa shape index (κ2) is 6.55. The van der Waals surface area contributed by atoms with Gasteiger partial charge in [0.15, 0.2) is 0 Å². The van der Waals surface area contributed by atoms with Crippen molar-refractivity contribution in [2.75, 3.05) is 0 Å². The van der Waals surface area contributed by atoms with Gasteiger partial charge in [0.2, 0.25) is 5.82 Å². The quantitative estimate of drug-likeness (QED) is 0.282. The van der Waals surface area contributed by atoms with E-state index in [1.165, 1.54) is 29.7 Å². The minimum absolute atomic E-state index is 0.121. The molecule has 0 aliphatic carbocycles. The van der Waals surface area contributed by atoms with Crippen molar-refractivity contribution < 1.29 is 22.5 Å². The van der Waals surface area contributed by atoms with Gasteiger partial charge >= 0.3 is 12.1 Å². The Kier molecular flexibility index (Phi) is 4.45.